The van der Waals surface area contributed by atoms with E-state index >= 15 is 0 Å². The van der Waals surface area contributed by atoms with Crippen molar-refractivity contribution in [3.8, 4) is 0 Å². The molecule has 0 aliphatic carbocycles. The van der Waals surface area contributed by atoms with Gasteiger partial charge in [-0.1, -0.05) is 0 Å². The Morgan fingerprint density at radius 3 is 2.91 bits per heavy atom. The van der Waals surface area contributed by atoms with Crippen molar-refractivity contribution in [1.29, 1.82) is 0 Å². The molecule has 0 radical (unpaired) electrons. The van der Waals surface area contributed by atoms with Crippen LogP contribution in [0.15, 0.2) is 59.4 Å². The number of hydrogen-bond acceptors (Lipinski definition) is 7. The van der Waals surface area contributed by atoms with Gasteiger partial charge >= 0.3 is 0 Å². The second-order valence-electron chi connectivity index (χ2n) is 4.74. The van der Waals surface area contributed by atoms with E-state index in [2.05, 4.69) is 15.9 Å². The molecule has 2 aromatic heterocycles. The number of nitrogens with zero attached hydrogens (tertiary/aromatic N) is 2. The van der Waals surface area contributed by atoms with E-state index < -0.39 is 11.8 Å². The van der Waals surface area contributed by atoms with Crippen LogP contribution in [0.3, 0.4) is 0 Å². The number of hydrogen-bond donors (Lipinski definition) is 3. The van der Waals surface area contributed by atoms with Crippen molar-refractivity contribution in [3.63, 3.8) is 0 Å². The Hall–Kier alpha value is -3.13. The minimum atomic E-state index is -0.980. The summed E-state index contributed by atoms with van der Waals surface area (Å²) in [6, 6.07) is 3.89. The third-order valence-corrected chi connectivity index (χ3v) is 3.13. The van der Waals surface area contributed by atoms with E-state index in [1.807, 2.05) is 0 Å². The monoisotopic (exact) mass is 316 g/mol. The number of aliphatic hydroxyl groups is 1. The molecular weight excluding hydrogens is 303 g/mol. The molecule has 0 saturated heterocycles. The first-order valence-corrected chi connectivity index (χ1v) is 6.72. The number of nitrogens with one attached hydrogen (secondary N) is 2. The standard InChI is InChI=1S/C15H13FN4O3/c16-15-12(13(21)9-14(22)20-6-5-18-19-20)8-11(23-15)7-10-1-3-17-4-2-10/h1-6,8-9,18-19,22H,7H2. The van der Waals surface area contributed by atoms with Crippen LogP contribution >= 0.6 is 0 Å². The van der Waals surface area contributed by atoms with Crippen LogP contribution < -0.4 is 11.0 Å². The Balaban J connectivity index is 1.76. The molecule has 0 unspecified atom stereocenters. The van der Waals surface area contributed by atoms with Gasteiger partial charge in [-0.15, -0.1) is 5.53 Å². The molecule has 0 spiro atoms. The summed E-state index contributed by atoms with van der Waals surface area (Å²) in [5.41, 5.74) is 5.78. The highest BCUT2D eigenvalue weighted by Crippen LogP contribution is 2.18. The molecule has 3 rings (SSSR count). The number of furan rings is 1. The van der Waals surface area contributed by atoms with E-state index in [1.165, 1.54) is 18.5 Å². The molecule has 0 fully saturated rings. The van der Waals surface area contributed by atoms with Crippen LogP contribution in [0.5, 0.6) is 0 Å². The van der Waals surface area contributed by atoms with E-state index in [0.717, 1.165) is 16.6 Å². The van der Waals surface area contributed by atoms with Crippen molar-refractivity contribution < 1.29 is 18.7 Å². The zero-order chi connectivity index (χ0) is 16.2. The van der Waals surface area contributed by atoms with Gasteiger partial charge in [-0.2, -0.15) is 4.39 Å². The van der Waals surface area contributed by atoms with Gasteiger partial charge in [0.2, 0.25) is 5.88 Å². The van der Waals surface area contributed by atoms with Crippen LogP contribution in [0.4, 0.5) is 4.39 Å². The second kappa shape index (κ2) is 6.32. The molecule has 0 bridgehead atoms. The third-order valence-electron chi connectivity index (χ3n) is 3.13. The summed E-state index contributed by atoms with van der Waals surface area (Å²) in [5.74, 6) is -0.773. The average molecular weight is 316 g/mol. The molecule has 0 atom stereocenters. The van der Waals surface area contributed by atoms with Gasteiger partial charge in [-0.3, -0.25) is 9.78 Å². The van der Waals surface area contributed by atoms with E-state index in [0.29, 0.717) is 12.2 Å². The third kappa shape index (κ3) is 3.38. The van der Waals surface area contributed by atoms with Crippen LogP contribution in [0, 0.1) is 6.01 Å². The number of carbonyl (C=O) groups excluding carboxylic acids is 1. The summed E-state index contributed by atoms with van der Waals surface area (Å²) < 4.78 is 18.8. The van der Waals surface area contributed by atoms with Crippen molar-refractivity contribution in [2.45, 2.75) is 6.42 Å². The van der Waals surface area contributed by atoms with Gasteiger partial charge in [0.1, 0.15) is 5.76 Å². The summed E-state index contributed by atoms with van der Waals surface area (Å²) in [5, 5.41) is 10.9. The van der Waals surface area contributed by atoms with Gasteiger partial charge in [0.25, 0.3) is 6.01 Å². The molecule has 8 heteroatoms. The molecule has 118 valence electrons. The molecule has 2 aromatic rings. The van der Waals surface area contributed by atoms with Crippen LogP contribution in [0.25, 0.3) is 0 Å². The maximum absolute atomic E-state index is 13.8. The predicted octanol–water partition coefficient (Wildman–Crippen LogP) is 1.78. The van der Waals surface area contributed by atoms with Gasteiger partial charge < -0.3 is 14.9 Å². The maximum Gasteiger partial charge on any atom is 0.289 e. The average Bonchev–Trinajstić information content (AvgIpc) is 3.18. The Morgan fingerprint density at radius 2 is 2.22 bits per heavy atom. The minimum absolute atomic E-state index is 0.239. The number of halogens is 1. The first-order valence-electron chi connectivity index (χ1n) is 6.72. The van der Waals surface area contributed by atoms with Crippen LogP contribution in [0.2, 0.25) is 0 Å². The van der Waals surface area contributed by atoms with Crippen LogP contribution in [0.1, 0.15) is 21.7 Å². The lowest BCUT2D eigenvalue weighted by Gasteiger charge is -2.12. The SMILES string of the molecule is O=C(C=C(O)N1C=CNN1)c1cc(Cc2ccncc2)oc1F. The van der Waals surface area contributed by atoms with Gasteiger partial charge in [0.05, 0.1) is 5.56 Å². The lowest BCUT2D eigenvalue weighted by Crippen LogP contribution is -2.35. The predicted molar refractivity (Wildman–Crippen MR) is 78.0 cm³/mol. The molecule has 3 N–H and O–H groups in total. The Kier molecular flexibility index (Phi) is 4.07. The smallest absolute Gasteiger partial charge is 0.289 e. The number of allylic oxidation sites excluding steroid dienone is 1. The first-order chi connectivity index (χ1) is 11.1. The van der Waals surface area contributed by atoms with Crippen molar-refractivity contribution in [1.82, 2.24) is 21.0 Å². The number of pyridine rings is 1. The molecule has 0 aromatic carbocycles. The number of hydrazine groups is 2. The minimum Gasteiger partial charge on any atom is -0.493 e. The topological polar surface area (TPSA) is 90.6 Å². The second-order valence-corrected chi connectivity index (χ2v) is 4.74. The number of aromatic nitrogens is 1. The Bertz CT molecular complexity index is 770. The van der Waals surface area contributed by atoms with Gasteiger partial charge in [-0.05, 0) is 23.8 Å². The number of carbonyl (C=O) groups is 1. The molecule has 7 nitrogen and oxygen atoms in total. The fourth-order valence-electron chi connectivity index (χ4n) is 2.03. The lowest BCUT2D eigenvalue weighted by molar-refractivity contribution is 0.102. The summed E-state index contributed by atoms with van der Waals surface area (Å²) in [6.07, 6.45) is 7.44. The molecule has 0 amide bonds. The zero-order valence-electron chi connectivity index (χ0n) is 11.9. The van der Waals surface area contributed by atoms with E-state index in [-0.39, 0.29) is 11.4 Å². The Labute approximate surface area is 130 Å². The molecule has 3 heterocycles. The maximum atomic E-state index is 13.8. The first kappa shape index (κ1) is 14.8. The fourth-order valence-corrected chi connectivity index (χ4v) is 2.03. The summed E-state index contributed by atoms with van der Waals surface area (Å²) >= 11 is 0. The van der Waals surface area contributed by atoms with Crippen LogP contribution in [-0.4, -0.2) is 20.9 Å². The van der Waals surface area contributed by atoms with Crippen molar-refractivity contribution in [2.24, 2.45) is 0 Å². The molecule has 23 heavy (non-hydrogen) atoms. The summed E-state index contributed by atoms with van der Waals surface area (Å²) in [6.45, 7) is 0. The number of aliphatic hydroxyl groups excluding tert-OH is 1. The van der Waals surface area contributed by atoms with Crippen molar-refractivity contribution in [3.05, 3.63) is 77.9 Å². The molecule has 1 aliphatic rings. The van der Waals surface area contributed by atoms with E-state index in [1.54, 1.807) is 24.5 Å². The largest absolute Gasteiger partial charge is 0.493 e. The molecule has 1 aliphatic heterocycles. The summed E-state index contributed by atoms with van der Waals surface area (Å²) in [7, 11) is 0. The van der Waals surface area contributed by atoms with E-state index in [9.17, 15) is 14.3 Å². The molecular formula is C15H13FN4O3. The number of rotatable bonds is 5. The van der Waals surface area contributed by atoms with Crippen LogP contribution in [-0.2, 0) is 6.42 Å². The van der Waals surface area contributed by atoms with Gasteiger partial charge in [0.15, 0.2) is 5.78 Å². The van der Waals surface area contributed by atoms with Gasteiger partial charge in [0, 0.05) is 37.3 Å². The number of ketones is 1. The highest BCUT2D eigenvalue weighted by atomic mass is 19.1. The summed E-state index contributed by atoms with van der Waals surface area (Å²) in [4.78, 5) is 15.9. The lowest BCUT2D eigenvalue weighted by atomic mass is 10.1. The zero-order valence-corrected chi connectivity index (χ0v) is 11.9. The highest BCUT2D eigenvalue weighted by molar-refractivity contribution is 6.04. The fraction of sp³-hybridized carbons (Fsp3) is 0.0667. The highest BCUT2D eigenvalue weighted by Gasteiger charge is 2.19. The van der Waals surface area contributed by atoms with Gasteiger partial charge in [-0.25, -0.2) is 5.01 Å². The van der Waals surface area contributed by atoms with E-state index in [4.69, 9.17) is 4.42 Å². The molecule has 0 saturated carbocycles. The normalized spacial score (nSPS) is 14.1. The van der Waals surface area contributed by atoms with Crippen molar-refractivity contribution >= 4 is 5.78 Å². The quantitative estimate of drug-likeness (QED) is 0.440. The van der Waals surface area contributed by atoms with Crippen molar-refractivity contribution in [2.75, 3.05) is 0 Å². The Morgan fingerprint density at radius 1 is 1.43 bits per heavy atom.